The highest BCUT2D eigenvalue weighted by atomic mass is 16.2. The Morgan fingerprint density at radius 2 is 1.13 bits per heavy atom. The molecule has 2 rings (SSSR count). The number of carbonyl (C=O) groups is 3. The summed E-state index contributed by atoms with van der Waals surface area (Å²) < 4.78 is 0. The van der Waals surface area contributed by atoms with Crippen LogP contribution < -0.4 is 16.0 Å². The van der Waals surface area contributed by atoms with E-state index in [1.54, 1.807) is 4.90 Å². The molecule has 0 heterocycles. The van der Waals surface area contributed by atoms with Crippen LogP contribution in [0.1, 0.15) is 29.2 Å². The Morgan fingerprint density at radius 3 is 1.48 bits per heavy atom. The van der Waals surface area contributed by atoms with Gasteiger partial charge in [0.2, 0.25) is 17.7 Å². The number of aryl methyl sites for hydroxylation is 4. The van der Waals surface area contributed by atoms with Gasteiger partial charge >= 0.3 is 0 Å². The molecule has 0 aliphatic heterocycles. The summed E-state index contributed by atoms with van der Waals surface area (Å²) in [4.78, 5) is 38.3. The van der Waals surface area contributed by atoms with Crippen LogP contribution in [-0.4, -0.2) is 48.8 Å². The van der Waals surface area contributed by atoms with Gasteiger partial charge in [-0.25, -0.2) is 0 Å². The van der Waals surface area contributed by atoms with Gasteiger partial charge in [0.1, 0.15) is 0 Å². The Balaban J connectivity index is 2.06. The molecular weight excluding hydrogens is 392 g/mol. The zero-order chi connectivity index (χ0) is 23.0. The molecule has 7 heteroatoms. The first-order valence-corrected chi connectivity index (χ1v) is 10.4. The number of hydrogen-bond donors (Lipinski definition) is 3. The van der Waals surface area contributed by atoms with Crippen LogP contribution >= 0.6 is 0 Å². The zero-order valence-corrected chi connectivity index (χ0v) is 19.0. The topological polar surface area (TPSA) is 90.5 Å². The predicted molar refractivity (Wildman–Crippen MR) is 124 cm³/mol. The van der Waals surface area contributed by atoms with E-state index in [1.807, 2.05) is 64.1 Å². The minimum Gasteiger partial charge on any atom is -0.355 e. The number of amides is 3. The van der Waals surface area contributed by atoms with Crippen molar-refractivity contribution in [2.24, 2.45) is 0 Å². The highest BCUT2D eigenvalue weighted by molar-refractivity contribution is 5.96. The van der Waals surface area contributed by atoms with Crippen molar-refractivity contribution in [3.63, 3.8) is 0 Å². The average molecular weight is 425 g/mol. The normalized spacial score (nSPS) is 10.6. The van der Waals surface area contributed by atoms with Crippen molar-refractivity contribution in [2.75, 3.05) is 36.8 Å². The van der Waals surface area contributed by atoms with Gasteiger partial charge in [-0.3, -0.25) is 19.3 Å². The van der Waals surface area contributed by atoms with Crippen LogP contribution in [0.15, 0.2) is 36.4 Å². The van der Waals surface area contributed by atoms with E-state index in [-0.39, 0.29) is 30.8 Å². The smallest absolute Gasteiger partial charge is 0.238 e. The number of rotatable bonds is 9. The number of carbonyl (C=O) groups excluding carboxylic acids is 3. The van der Waals surface area contributed by atoms with E-state index in [4.69, 9.17) is 0 Å². The summed E-state index contributed by atoms with van der Waals surface area (Å²) in [6.45, 7) is 9.99. The molecule has 7 nitrogen and oxygen atoms in total. The molecule has 0 aliphatic rings. The number of anilines is 2. The fraction of sp³-hybridized carbons (Fsp3) is 0.375. The Kier molecular flexibility index (Phi) is 8.75. The van der Waals surface area contributed by atoms with Gasteiger partial charge in [-0.1, -0.05) is 36.4 Å². The molecule has 2 aromatic rings. The molecule has 0 unspecified atom stereocenters. The van der Waals surface area contributed by atoms with Crippen LogP contribution in [0.2, 0.25) is 0 Å². The van der Waals surface area contributed by atoms with E-state index in [1.165, 1.54) is 6.92 Å². The third-order valence-electron chi connectivity index (χ3n) is 5.03. The van der Waals surface area contributed by atoms with Gasteiger partial charge in [-0.05, 0) is 49.9 Å². The van der Waals surface area contributed by atoms with E-state index in [2.05, 4.69) is 16.0 Å². The van der Waals surface area contributed by atoms with E-state index in [0.29, 0.717) is 13.1 Å². The number of para-hydroxylation sites is 2. The summed E-state index contributed by atoms with van der Waals surface area (Å²) in [5.74, 6) is -0.569. The van der Waals surface area contributed by atoms with Crippen molar-refractivity contribution in [2.45, 2.75) is 34.6 Å². The lowest BCUT2D eigenvalue weighted by Crippen LogP contribution is -2.42. The lowest BCUT2D eigenvalue weighted by molar-refractivity contribution is -0.120. The fourth-order valence-corrected chi connectivity index (χ4v) is 3.39. The van der Waals surface area contributed by atoms with E-state index < -0.39 is 0 Å². The second-order valence-corrected chi connectivity index (χ2v) is 7.82. The van der Waals surface area contributed by atoms with E-state index >= 15 is 0 Å². The largest absolute Gasteiger partial charge is 0.355 e. The Labute approximate surface area is 184 Å². The number of benzene rings is 2. The second-order valence-electron chi connectivity index (χ2n) is 7.82. The SMILES string of the molecule is CC(=O)NCCN(CC(=O)Nc1c(C)cccc1C)CC(=O)Nc1c(C)cccc1C. The van der Waals surface area contributed by atoms with E-state index in [0.717, 1.165) is 33.6 Å². The molecular formula is C24H32N4O3. The molecule has 0 fully saturated rings. The first-order valence-electron chi connectivity index (χ1n) is 10.4. The molecule has 0 bridgehead atoms. The molecule has 2 aromatic carbocycles. The minimum atomic E-state index is -0.208. The highest BCUT2D eigenvalue weighted by Crippen LogP contribution is 2.20. The van der Waals surface area contributed by atoms with Crippen molar-refractivity contribution in [3.05, 3.63) is 58.7 Å². The fourth-order valence-electron chi connectivity index (χ4n) is 3.39. The highest BCUT2D eigenvalue weighted by Gasteiger charge is 2.17. The molecule has 0 spiro atoms. The average Bonchev–Trinajstić information content (AvgIpc) is 2.67. The van der Waals surface area contributed by atoms with Crippen molar-refractivity contribution < 1.29 is 14.4 Å². The first-order chi connectivity index (χ1) is 14.7. The van der Waals surface area contributed by atoms with Gasteiger partial charge in [0.25, 0.3) is 0 Å². The van der Waals surface area contributed by atoms with Gasteiger partial charge < -0.3 is 16.0 Å². The summed E-state index contributed by atoms with van der Waals surface area (Å²) in [5, 5.41) is 8.61. The predicted octanol–water partition coefficient (Wildman–Crippen LogP) is 2.94. The molecule has 3 N–H and O–H groups in total. The third kappa shape index (κ3) is 7.53. The summed E-state index contributed by atoms with van der Waals surface area (Å²) in [5.41, 5.74) is 5.48. The summed E-state index contributed by atoms with van der Waals surface area (Å²) in [6.07, 6.45) is 0. The van der Waals surface area contributed by atoms with Crippen LogP contribution in [-0.2, 0) is 14.4 Å². The molecule has 3 amide bonds. The van der Waals surface area contributed by atoms with Crippen LogP contribution in [0.5, 0.6) is 0 Å². The molecule has 166 valence electrons. The molecule has 0 aliphatic carbocycles. The van der Waals surface area contributed by atoms with Gasteiger partial charge in [0.05, 0.1) is 13.1 Å². The minimum absolute atomic E-state index is 0.0353. The zero-order valence-electron chi connectivity index (χ0n) is 19.0. The Hall–Kier alpha value is -3.19. The van der Waals surface area contributed by atoms with Crippen LogP contribution in [0, 0.1) is 27.7 Å². The maximum absolute atomic E-state index is 12.7. The quantitative estimate of drug-likeness (QED) is 0.577. The lowest BCUT2D eigenvalue weighted by atomic mass is 10.1. The molecule has 0 radical (unpaired) electrons. The monoisotopic (exact) mass is 424 g/mol. The number of nitrogens with one attached hydrogen (secondary N) is 3. The van der Waals surface area contributed by atoms with Gasteiger partial charge in [-0.2, -0.15) is 0 Å². The molecule has 0 atom stereocenters. The summed E-state index contributed by atoms with van der Waals surface area (Å²) in [7, 11) is 0. The Morgan fingerprint density at radius 1 is 0.742 bits per heavy atom. The van der Waals surface area contributed by atoms with E-state index in [9.17, 15) is 14.4 Å². The van der Waals surface area contributed by atoms with Gasteiger partial charge in [-0.15, -0.1) is 0 Å². The van der Waals surface area contributed by atoms with Crippen molar-refractivity contribution >= 4 is 29.1 Å². The maximum Gasteiger partial charge on any atom is 0.238 e. The van der Waals surface area contributed by atoms with Crippen molar-refractivity contribution in [1.82, 2.24) is 10.2 Å². The second kappa shape index (κ2) is 11.3. The van der Waals surface area contributed by atoms with Crippen molar-refractivity contribution in [1.29, 1.82) is 0 Å². The third-order valence-corrected chi connectivity index (χ3v) is 5.03. The standard InChI is InChI=1S/C24H32N4O3/c1-16-8-6-9-17(2)23(16)26-21(30)14-28(13-12-25-20(5)29)15-22(31)27-24-18(3)10-7-11-19(24)4/h6-11H,12-15H2,1-5H3,(H,25,29)(H,26,30)(H,27,31). The van der Waals surface area contributed by atoms with Crippen LogP contribution in [0.3, 0.4) is 0 Å². The van der Waals surface area contributed by atoms with Crippen LogP contribution in [0.25, 0.3) is 0 Å². The van der Waals surface area contributed by atoms with Gasteiger partial charge in [0, 0.05) is 31.4 Å². The van der Waals surface area contributed by atoms with Gasteiger partial charge in [0.15, 0.2) is 0 Å². The Bertz CT molecular complexity index is 848. The number of nitrogens with zero attached hydrogens (tertiary/aromatic N) is 1. The maximum atomic E-state index is 12.7. The summed E-state index contributed by atoms with van der Waals surface area (Å²) in [6, 6.07) is 11.6. The molecule has 0 aromatic heterocycles. The van der Waals surface area contributed by atoms with Crippen LogP contribution in [0.4, 0.5) is 11.4 Å². The van der Waals surface area contributed by atoms with Crippen molar-refractivity contribution in [3.8, 4) is 0 Å². The molecule has 31 heavy (non-hydrogen) atoms. The summed E-state index contributed by atoms with van der Waals surface area (Å²) >= 11 is 0. The first kappa shape index (κ1) is 24.1. The molecule has 0 saturated heterocycles. The molecule has 0 saturated carbocycles. The number of hydrogen-bond acceptors (Lipinski definition) is 4. The lowest BCUT2D eigenvalue weighted by Gasteiger charge is -2.22.